The third-order valence-electron chi connectivity index (χ3n) is 2.99. The van der Waals surface area contributed by atoms with Crippen molar-refractivity contribution in [3.05, 3.63) is 63.7 Å². The number of anilines is 1. The number of nitro groups is 1. The fourth-order valence-electron chi connectivity index (χ4n) is 1.88. The van der Waals surface area contributed by atoms with Gasteiger partial charge in [0.15, 0.2) is 6.29 Å². The molecular weight excluding hydrogens is 288 g/mol. The van der Waals surface area contributed by atoms with Crippen LogP contribution in [0.1, 0.15) is 20.7 Å². The van der Waals surface area contributed by atoms with E-state index >= 15 is 0 Å². The molecule has 1 amide bonds. The summed E-state index contributed by atoms with van der Waals surface area (Å²) in [5.41, 5.74) is 0.662. The molecule has 0 bridgehead atoms. The Morgan fingerprint density at radius 3 is 2.45 bits per heavy atom. The van der Waals surface area contributed by atoms with Crippen LogP contribution < -0.4 is 10.1 Å². The van der Waals surface area contributed by atoms with Crippen LogP contribution in [-0.2, 0) is 0 Å². The first kappa shape index (κ1) is 15.2. The molecule has 7 nitrogen and oxygen atoms in total. The summed E-state index contributed by atoms with van der Waals surface area (Å²) >= 11 is 0. The monoisotopic (exact) mass is 300 g/mol. The van der Waals surface area contributed by atoms with Crippen LogP contribution >= 0.6 is 0 Å². The first-order valence-corrected chi connectivity index (χ1v) is 6.25. The highest BCUT2D eigenvalue weighted by molar-refractivity contribution is 6.07. The number of hydrogen-bond donors (Lipinski definition) is 1. The van der Waals surface area contributed by atoms with Gasteiger partial charge in [0.1, 0.15) is 5.75 Å². The Bertz CT molecular complexity index is 725. The summed E-state index contributed by atoms with van der Waals surface area (Å²) in [7, 11) is 1.42. The number of carbonyl (C=O) groups is 2. The molecule has 0 radical (unpaired) electrons. The molecule has 2 aromatic rings. The van der Waals surface area contributed by atoms with Crippen molar-refractivity contribution in [2.24, 2.45) is 0 Å². The SMILES string of the molecule is COc1cccc(NC(=O)c2ccc([N+](=O)[O-])cc2)c1C=O. The highest BCUT2D eigenvalue weighted by Gasteiger charge is 2.13. The minimum absolute atomic E-state index is 0.105. The van der Waals surface area contributed by atoms with Crippen molar-refractivity contribution in [3.8, 4) is 5.75 Å². The molecule has 7 heteroatoms. The minimum atomic E-state index is -0.547. The van der Waals surface area contributed by atoms with Gasteiger partial charge in [-0.15, -0.1) is 0 Å². The van der Waals surface area contributed by atoms with E-state index < -0.39 is 10.8 Å². The van der Waals surface area contributed by atoms with E-state index in [1.807, 2.05) is 0 Å². The smallest absolute Gasteiger partial charge is 0.269 e. The number of rotatable bonds is 5. The molecule has 0 saturated heterocycles. The molecule has 2 rings (SSSR count). The van der Waals surface area contributed by atoms with Gasteiger partial charge in [-0.2, -0.15) is 0 Å². The molecule has 0 saturated carbocycles. The maximum absolute atomic E-state index is 12.1. The number of amides is 1. The van der Waals surface area contributed by atoms with E-state index in [1.54, 1.807) is 18.2 Å². The van der Waals surface area contributed by atoms with Crippen molar-refractivity contribution in [2.45, 2.75) is 0 Å². The summed E-state index contributed by atoms with van der Waals surface area (Å²) < 4.78 is 5.05. The van der Waals surface area contributed by atoms with E-state index in [1.165, 1.54) is 31.4 Å². The third kappa shape index (κ3) is 3.09. The zero-order valence-corrected chi connectivity index (χ0v) is 11.6. The fraction of sp³-hybridized carbons (Fsp3) is 0.0667. The second-order valence-corrected chi connectivity index (χ2v) is 4.30. The Kier molecular flexibility index (Phi) is 4.47. The predicted octanol–water partition coefficient (Wildman–Crippen LogP) is 2.67. The number of carbonyl (C=O) groups excluding carboxylic acids is 2. The molecule has 0 atom stereocenters. The second-order valence-electron chi connectivity index (χ2n) is 4.30. The van der Waals surface area contributed by atoms with Gasteiger partial charge in [0.05, 0.1) is 23.3 Å². The van der Waals surface area contributed by atoms with Crippen molar-refractivity contribution < 1.29 is 19.2 Å². The van der Waals surface area contributed by atoms with Crippen molar-refractivity contribution in [1.29, 1.82) is 0 Å². The number of aldehydes is 1. The van der Waals surface area contributed by atoms with Crippen LogP contribution in [0.4, 0.5) is 11.4 Å². The highest BCUT2D eigenvalue weighted by atomic mass is 16.6. The maximum atomic E-state index is 12.1. The molecule has 0 aromatic heterocycles. The van der Waals surface area contributed by atoms with Crippen LogP contribution in [0.15, 0.2) is 42.5 Å². The van der Waals surface area contributed by atoms with E-state index in [9.17, 15) is 19.7 Å². The minimum Gasteiger partial charge on any atom is -0.496 e. The zero-order valence-electron chi connectivity index (χ0n) is 11.6. The molecule has 0 aliphatic carbocycles. The Balaban J connectivity index is 2.25. The average molecular weight is 300 g/mol. The second kappa shape index (κ2) is 6.49. The number of nitrogens with one attached hydrogen (secondary N) is 1. The van der Waals surface area contributed by atoms with E-state index in [0.29, 0.717) is 17.7 Å². The quantitative estimate of drug-likeness (QED) is 0.520. The van der Waals surface area contributed by atoms with E-state index in [2.05, 4.69) is 5.32 Å². The largest absolute Gasteiger partial charge is 0.496 e. The molecule has 1 N–H and O–H groups in total. The standard InChI is InChI=1S/C15H12N2O5/c1-22-14-4-2-3-13(12(14)9-18)16-15(19)10-5-7-11(8-6-10)17(20)21/h2-9H,1H3,(H,16,19). The van der Waals surface area contributed by atoms with Crippen LogP contribution in [0.2, 0.25) is 0 Å². The van der Waals surface area contributed by atoms with Crippen LogP contribution in [0, 0.1) is 10.1 Å². The first-order chi connectivity index (χ1) is 10.6. The lowest BCUT2D eigenvalue weighted by Gasteiger charge is -2.10. The first-order valence-electron chi connectivity index (χ1n) is 6.25. The van der Waals surface area contributed by atoms with Gasteiger partial charge >= 0.3 is 0 Å². The molecule has 0 fully saturated rings. The van der Waals surface area contributed by atoms with Crippen LogP contribution in [-0.4, -0.2) is 24.2 Å². The topological polar surface area (TPSA) is 98.5 Å². The number of nitrogens with zero attached hydrogens (tertiary/aromatic N) is 1. The average Bonchev–Trinajstić information content (AvgIpc) is 2.54. The molecule has 112 valence electrons. The maximum Gasteiger partial charge on any atom is 0.269 e. The molecule has 0 aliphatic rings. The van der Waals surface area contributed by atoms with E-state index in [0.717, 1.165) is 0 Å². The molecular formula is C15H12N2O5. The lowest BCUT2D eigenvalue weighted by atomic mass is 10.1. The van der Waals surface area contributed by atoms with Gasteiger partial charge in [-0.3, -0.25) is 19.7 Å². The molecule has 22 heavy (non-hydrogen) atoms. The molecule has 0 unspecified atom stereocenters. The van der Waals surface area contributed by atoms with E-state index in [-0.39, 0.29) is 16.8 Å². The normalized spacial score (nSPS) is 9.86. The summed E-state index contributed by atoms with van der Waals surface area (Å²) in [6, 6.07) is 9.96. The Hall–Kier alpha value is -3.22. The van der Waals surface area contributed by atoms with Gasteiger partial charge in [0.25, 0.3) is 11.6 Å². The van der Waals surface area contributed by atoms with Crippen molar-refractivity contribution in [2.75, 3.05) is 12.4 Å². The number of methoxy groups -OCH3 is 1. The van der Waals surface area contributed by atoms with Crippen molar-refractivity contribution >= 4 is 23.6 Å². The number of non-ortho nitro benzene ring substituents is 1. The van der Waals surface area contributed by atoms with Crippen molar-refractivity contribution in [1.82, 2.24) is 0 Å². The molecule has 2 aromatic carbocycles. The predicted molar refractivity (Wildman–Crippen MR) is 79.4 cm³/mol. The zero-order chi connectivity index (χ0) is 16.1. The summed E-state index contributed by atoms with van der Waals surface area (Å²) in [6.07, 6.45) is 0.588. The lowest BCUT2D eigenvalue weighted by molar-refractivity contribution is -0.384. The summed E-state index contributed by atoms with van der Waals surface area (Å²) in [4.78, 5) is 33.3. The third-order valence-corrected chi connectivity index (χ3v) is 2.99. The highest BCUT2D eigenvalue weighted by Crippen LogP contribution is 2.25. The number of ether oxygens (including phenoxy) is 1. The van der Waals surface area contributed by atoms with Gasteiger partial charge in [-0.05, 0) is 24.3 Å². The molecule has 0 spiro atoms. The summed E-state index contributed by atoms with van der Waals surface area (Å²) in [5, 5.41) is 13.2. The Morgan fingerprint density at radius 2 is 1.91 bits per heavy atom. The summed E-state index contributed by atoms with van der Waals surface area (Å²) in [6.45, 7) is 0. The van der Waals surface area contributed by atoms with Crippen LogP contribution in [0.5, 0.6) is 5.75 Å². The summed E-state index contributed by atoms with van der Waals surface area (Å²) in [5.74, 6) is -0.136. The van der Waals surface area contributed by atoms with Gasteiger partial charge < -0.3 is 10.1 Å². The molecule has 0 aliphatic heterocycles. The Morgan fingerprint density at radius 1 is 1.23 bits per heavy atom. The van der Waals surface area contributed by atoms with Gasteiger partial charge in [-0.1, -0.05) is 6.07 Å². The van der Waals surface area contributed by atoms with Crippen LogP contribution in [0.25, 0.3) is 0 Å². The van der Waals surface area contributed by atoms with Crippen molar-refractivity contribution in [3.63, 3.8) is 0 Å². The van der Waals surface area contributed by atoms with Gasteiger partial charge in [0, 0.05) is 17.7 Å². The fourth-order valence-corrected chi connectivity index (χ4v) is 1.88. The van der Waals surface area contributed by atoms with E-state index in [4.69, 9.17) is 4.74 Å². The van der Waals surface area contributed by atoms with Gasteiger partial charge in [-0.25, -0.2) is 0 Å². The Labute approximate surface area is 125 Å². The van der Waals surface area contributed by atoms with Gasteiger partial charge in [0.2, 0.25) is 0 Å². The van der Waals surface area contributed by atoms with Crippen LogP contribution in [0.3, 0.4) is 0 Å². The number of nitro benzene ring substituents is 1. The number of benzene rings is 2. The lowest BCUT2D eigenvalue weighted by Crippen LogP contribution is -2.13. The molecule has 0 heterocycles. The number of hydrogen-bond acceptors (Lipinski definition) is 5.